The zero-order chi connectivity index (χ0) is 12.8. The minimum absolute atomic E-state index is 1.00. The van der Waals surface area contributed by atoms with Gasteiger partial charge in [0.05, 0.1) is 0 Å². The van der Waals surface area contributed by atoms with E-state index in [-0.39, 0.29) is 0 Å². The molecule has 0 bridgehead atoms. The van der Waals surface area contributed by atoms with E-state index in [0.717, 1.165) is 17.7 Å². The Morgan fingerprint density at radius 2 is 2.06 bits per heavy atom. The number of likely N-dealkylation sites (tertiary alicyclic amines) is 1. The first-order valence-corrected chi connectivity index (χ1v) is 6.68. The zero-order valence-electron chi connectivity index (χ0n) is 11.2. The Hall–Kier alpha value is -1.56. The molecule has 18 heavy (non-hydrogen) atoms. The predicted molar refractivity (Wildman–Crippen MR) is 78.4 cm³/mol. The van der Waals surface area contributed by atoms with E-state index in [1.807, 2.05) is 19.1 Å². The maximum absolute atomic E-state index is 4.08. The molecular weight excluding hydrogens is 218 g/mol. The van der Waals surface area contributed by atoms with Gasteiger partial charge in [0.25, 0.3) is 0 Å². The summed E-state index contributed by atoms with van der Waals surface area (Å²) in [5.41, 5.74) is 6.86. The van der Waals surface area contributed by atoms with E-state index in [0.29, 0.717) is 0 Å². The lowest BCUT2D eigenvalue weighted by Crippen LogP contribution is -2.21. The Balaban J connectivity index is 2.19. The van der Waals surface area contributed by atoms with Crippen LogP contribution >= 0.6 is 0 Å². The van der Waals surface area contributed by atoms with Crippen LogP contribution in [0.1, 0.15) is 19.8 Å². The molecule has 2 rings (SSSR count). The molecule has 1 heteroatoms. The first kappa shape index (κ1) is 12.9. The summed E-state index contributed by atoms with van der Waals surface area (Å²) in [6, 6.07) is 0. The standard InChI is InChI=1S/C17H21N/c1-3-8-15(2)17-10-5-4-9-16(13-17)14-18-11-6-7-12-18/h3-5,8-10H,2,6-7,11-12,14H2,1H3. The smallest absolute Gasteiger partial charge is 0.0307 e. The Bertz CT molecular complexity index is 462. The van der Waals surface area contributed by atoms with Crippen LogP contribution in [0.3, 0.4) is 0 Å². The molecule has 0 amide bonds. The van der Waals surface area contributed by atoms with Gasteiger partial charge in [-0.15, -0.1) is 5.73 Å². The first-order chi connectivity index (χ1) is 8.79. The molecule has 0 unspecified atom stereocenters. The molecule has 0 aromatic carbocycles. The molecule has 1 saturated heterocycles. The molecule has 0 N–H and O–H groups in total. The van der Waals surface area contributed by atoms with Crippen LogP contribution < -0.4 is 0 Å². The van der Waals surface area contributed by atoms with Crippen molar-refractivity contribution in [1.29, 1.82) is 0 Å². The van der Waals surface area contributed by atoms with Gasteiger partial charge in [-0.3, -0.25) is 4.90 Å². The number of hydrogen-bond donors (Lipinski definition) is 0. The van der Waals surface area contributed by atoms with Gasteiger partial charge in [-0.2, -0.15) is 0 Å². The van der Waals surface area contributed by atoms with Crippen molar-refractivity contribution in [1.82, 2.24) is 4.90 Å². The Morgan fingerprint density at radius 3 is 2.78 bits per heavy atom. The summed E-state index contributed by atoms with van der Waals surface area (Å²) in [5, 5.41) is 0. The Morgan fingerprint density at radius 1 is 1.33 bits per heavy atom. The fraction of sp³-hybridized carbons (Fsp3) is 0.353. The van der Waals surface area contributed by atoms with Crippen molar-refractivity contribution in [2.75, 3.05) is 19.6 Å². The molecule has 0 aromatic rings. The topological polar surface area (TPSA) is 3.24 Å². The maximum Gasteiger partial charge on any atom is 0.0307 e. The van der Waals surface area contributed by atoms with Gasteiger partial charge in [0.15, 0.2) is 0 Å². The van der Waals surface area contributed by atoms with E-state index in [1.165, 1.54) is 31.5 Å². The van der Waals surface area contributed by atoms with Crippen molar-refractivity contribution in [3.8, 4) is 0 Å². The van der Waals surface area contributed by atoms with Crippen molar-refractivity contribution in [2.24, 2.45) is 0 Å². The van der Waals surface area contributed by atoms with Gasteiger partial charge in [-0.25, -0.2) is 0 Å². The van der Waals surface area contributed by atoms with Gasteiger partial charge >= 0.3 is 0 Å². The highest BCUT2D eigenvalue weighted by molar-refractivity contribution is 5.48. The fourth-order valence-electron chi connectivity index (χ4n) is 2.33. The third kappa shape index (κ3) is 3.46. The molecule has 1 nitrogen and oxygen atoms in total. The van der Waals surface area contributed by atoms with E-state index >= 15 is 0 Å². The molecule has 0 saturated carbocycles. The monoisotopic (exact) mass is 239 g/mol. The van der Waals surface area contributed by atoms with Crippen LogP contribution in [0.2, 0.25) is 0 Å². The lowest BCUT2D eigenvalue weighted by atomic mass is 10.1. The molecule has 0 atom stereocenters. The van der Waals surface area contributed by atoms with E-state index in [2.05, 4.69) is 41.5 Å². The SMILES string of the molecule is C=C(C=CC)C1=C=C(CN2CCCC2)C=CC=C1. The average molecular weight is 239 g/mol. The van der Waals surface area contributed by atoms with Crippen molar-refractivity contribution in [3.63, 3.8) is 0 Å². The van der Waals surface area contributed by atoms with Crippen LogP contribution in [-0.4, -0.2) is 24.5 Å². The second kappa shape index (κ2) is 6.39. The molecule has 94 valence electrons. The number of rotatable bonds is 4. The molecule has 1 aliphatic carbocycles. The lowest BCUT2D eigenvalue weighted by molar-refractivity contribution is 0.371. The third-order valence-electron chi connectivity index (χ3n) is 3.27. The van der Waals surface area contributed by atoms with Crippen molar-refractivity contribution >= 4 is 0 Å². The van der Waals surface area contributed by atoms with Gasteiger partial charge < -0.3 is 0 Å². The van der Waals surface area contributed by atoms with Crippen molar-refractivity contribution in [3.05, 3.63) is 65.5 Å². The summed E-state index contributed by atoms with van der Waals surface area (Å²) < 4.78 is 0. The van der Waals surface area contributed by atoms with Crippen LogP contribution in [-0.2, 0) is 0 Å². The summed E-state index contributed by atoms with van der Waals surface area (Å²) >= 11 is 0. The highest BCUT2D eigenvalue weighted by Gasteiger charge is 2.12. The average Bonchev–Trinajstić information content (AvgIpc) is 2.74. The van der Waals surface area contributed by atoms with Gasteiger partial charge in [0.2, 0.25) is 0 Å². The number of hydrogen-bond acceptors (Lipinski definition) is 1. The lowest BCUT2D eigenvalue weighted by Gasteiger charge is -2.13. The van der Waals surface area contributed by atoms with Crippen LogP contribution in [0.15, 0.2) is 65.5 Å². The van der Waals surface area contributed by atoms with Gasteiger partial charge in [-0.1, -0.05) is 30.9 Å². The van der Waals surface area contributed by atoms with Crippen molar-refractivity contribution in [2.45, 2.75) is 19.8 Å². The van der Waals surface area contributed by atoms with Crippen LogP contribution in [0.4, 0.5) is 0 Å². The molecular formula is C17H21N. The highest BCUT2D eigenvalue weighted by atomic mass is 15.1. The molecule has 2 aliphatic rings. The first-order valence-electron chi connectivity index (χ1n) is 6.68. The van der Waals surface area contributed by atoms with Gasteiger partial charge in [0, 0.05) is 17.7 Å². The molecule has 0 spiro atoms. The summed E-state index contributed by atoms with van der Waals surface area (Å²) in [4.78, 5) is 2.49. The second-order valence-corrected chi connectivity index (χ2v) is 4.79. The summed E-state index contributed by atoms with van der Waals surface area (Å²) in [7, 11) is 0. The summed E-state index contributed by atoms with van der Waals surface area (Å²) in [6.07, 6.45) is 15.1. The third-order valence-corrected chi connectivity index (χ3v) is 3.27. The van der Waals surface area contributed by atoms with Gasteiger partial charge in [-0.05, 0) is 50.6 Å². The highest BCUT2D eigenvalue weighted by Crippen LogP contribution is 2.16. The molecule has 0 radical (unpaired) electrons. The molecule has 0 aromatic heterocycles. The van der Waals surface area contributed by atoms with Gasteiger partial charge in [0.1, 0.15) is 0 Å². The Kier molecular flexibility index (Phi) is 4.58. The molecule has 1 fully saturated rings. The number of nitrogens with zero attached hydrogens (tertiary/aromatic N) is 1. The minimum atomic E-state index is 1.00. The van der Waals surface area contributed by atoms with E-state index in [9.17, 15) is 0 Å². The maximum atomic E-state index is 4.08. The van der Waals surface area contributed by atoms with Crippen LogP contribution in [0, 0.1) is 0 Å². The zero-order valence-corrected chi connectivity index (χ0v) is 11.2. The number of allylic oxidation sites excluding steroid dienone is 6. The summed E-state index contributed by atoms with van der Waals surface area (Å²) in [5.74, 6) is 0. The Labute approximate surface area is 110 Å². The minimum Gasteiger partial charge on any atom is -0.298 e. The molecule has 1 aliphatic heterocycles. The van der Waals surface area contributed by atoms with E-state index < -0.39 is 0 Å². The molecule has 1 heterocycles. The second-order valence-electron chi connectivity index (χ2n) is 4.79. The van der Waals surface area contributed by atoms with Crippen LogP contribution in [0.25, 0.3) is 0 Å². The largest absolute Gasteiger partial charge is 0.298 e. The van der Waals surface area contributed by atoms with E-state index in [4.69, 9.17) is 0 Å². The quantitative estimate of drug-likeness (QED) is 0.533. The van der Waals surface area contributed by atoms with E-state index in [1.54, 1.807) is 0 Å². The van der Waals surface area contributed by atoms with Crippen molar-refractivity contribution < 1.29 is 0 Å². The normalized spacial score (nSPS) is 20.1. The predicted octanol–water partition coefficient (Wildman–Crippen LogP) is 3.79. The summed E-state index contributed by atoms with van der Waals surface area (Å²) in [6.45, 7) is 9.54. The van der Waals surface area contributed by atoms with Crippen LogP contribution in [0.5, 0.6) is 0 Å². The fourth-order valence-corrected chi connectivity index (χ4v) is 2.33.